The van der Waals surface area contributed by atoms with Crippen LogP contribution in [0.25, 0.3) is 0 Å². The van der Waals surface area contributed by atoms with E-state index in [1.807, 2.05) is 0 Å². The van der Waals surface area contributed by atoms with Gasteiger partial charge in [-0.15, -0.1) is 0 Å². The van der Waals surface area contributed by atoms with Crippen LogP contribution in [0.4, 0.5) is 5.69 Å². The zero-order chi connectivity index (χ0) is 14.9. The number of hydrogen-bond donors (Lipinski definition) is 1. The van der Waals surface area contributed by atoms with E-state index in [0.717, 1.165) is 13.0 Å². The molecule has 1 heterocycles. The molecule has 1 aliphatic rings. The number of rotatable bonds is 4. The van der Waals surface area contributed by atoms with Gasteiger partial charge in [-0.2, -0.15) is 0 Å². The van der Waals surface area contributed by atoms with Crippen molar-refractivity contribution >= 4 is 29.0 Å². The Balaban J connectivity index is 2.05. The number of amides is 1. The average Bonchev–Trinajstić information content (AvgIpc) is 2.59. The molecule has 2 rings (SSSR count). The molecule has 0 saturated carbocycles. The summed E-state index contributed by atoms with van der Waals surface area (Å²) < 4.78 is 0. The van der Waals surface area contributed by atoms with Crippen molar-refractivity contribution in [3.8, 4) is 0 Å². The molecule has 20 heavy (non-hydrogen) atoms. The standard InChI is InChI=1S/C15H19ClN2O2/c1-15(2,3)17-8-5-9-18-11-7-4-6-10(16)12(11)13(19)14(18)20/h4,6-7,17H,5,8-9H2,1-3H3. The number of Topliss-reactive ketones (excluding diaryl/α,β-unsaturated/α-hetero) is 1. The van der Waals surface area contributed by atoms with Crippen molar-refractivity contribution in [2.24, 2.45) is 0 Å². The van der Waals surface area contributed by atoms with E-state index in [-0.39, 0.29) is 5.54 Å². The second-order valence-corrected chi connectivity index (χ2v) is 6.36. The molecular formula is C15H19ClN2O2. The number of carbonyl (C=O) groups excluding carboxylic acids is 2. The maximum Gasteiger partial charge on any atom is 0.299 e. The van der Waals surface area contributed by atoms with Gasteiger partial charge in [-0.25, -0.2) is 0 Å². The predicted molar refractivity (Wildman–Crippen MR) is 80.5 cm³/mol. The Hall–Kier alpha value is -1.39. The fourth-order valence-corrected chi connectivity index (χ4v) is 2.48. The number of nitrogens with zero attached hydrogens (tertiary/aromatic N) is 1. The maximum atomic E-state index is 12.0. The van der Waals surface area contributed by atoms with Crippen LogP contribution in [0.5, 0.6) is 0 Å². The SMILES string of the molecule is CC(C)(C)NCCCN1C(=O)C(=O)c2c(Cl)cccc21. The van der Waals surface area contributed by atoms with E-state index < -0.39 is 11.7 Å². The van der Waals surface area contributed by atoms with Gasteiger partial charge in [0, 0.05) is 12.1 Å². The van der Waals surface area contributed by atoms with Crippen LogP contribution in [0.15, 0.2) is 18.2 Å². The summed E-state index contributed by atoms with van der Waals surface area (Å²) in [7, 11) is 0. The number of fused-ring (bicyclic) bond motifs is 1. The van der Waals surface area contributed by atoms with Gasteiger partial charge < -0.3 is 10.2 Å². The fraction of sp³-hybridized carbons (Fsp3) is 0.467. The van der Waals surface area contributed by atoms with Gasteiger partial charge in [0.05, 0.1) is 16.3 Å². The number of ketones is 1. The summed E-state index contributed by atoms with van der Waals surface area (Å²) in [6.07, 6.45) is 0.780. The van der Waals surface area contributed by atoms with Crippen molar-refractivity contribution in [2.75, 3.05) is 18.0 Å². The van der Waals surface area contributed by atoms with E-state index in [4.69, 9.17) is 11.6 Å². The fourth-order valence-electron chi connectivity index (χ4n) is 2.22. The molecule has 1 aliphatic heterocycles. The Morgan fingerprint density at radius 2 is 1.95 bits per heavy atom. The van der Waals surface area contributed by atoms with Crippen molar-refractivity contribution in [1.29, 1.82) is 0 Å². The Kier molecular flexibility index (Phi) is 4.16. The number of anilines is 1. The molecule has 0 bridgehead atoms. The maximum absolute atomic E-state index is 12.0. The summed E-state index contributed by atoms with van der Waals surface area (Å²) in [6.45, 7) is 7.57. The monoisotopic (exact) mass is 294 g/mol. The Bertz CT molecular complexity index is 549. The van der Waals surface area contributed by atoms with E-state index >= 15 is 0 Å². The molecular weight excluding hydrogens is 276 g/mol. The molecule has 0 saturated heterocycles. The van der Waals surface area contributed by atoms with Gasteiger partial charge in [0.2, 0.25) is 0 Å². The first-order valence-electron chi connectivity index (χ1n) is 6.71. The van der Waals surface area contributed by atoms with Crippen LogP contribution in [0.1, 0.15) is 37.6 Å². The van der Waals surface area contributed by atoms with Crippen molar-refractivity contribution < 1.29 is 9.59 Å². The second-order valence-electron chi connectivity index (χ2n) is 5.95. The molecule has 5 heteroatoms. The average molecular weight is 295 g/mol. The lowest BCUT2D eigenvalue weighted by molar-refractivity contribution is -0.114. The summed E-state index contributed by atoms with van der Waals surface area (Å²) >= 11 is 6.00. The highest BCUT2D eigenvalue weighted by atomic mass is 35.5. The minimum absolute atomic E-state index is 0.0477. The normalized spacial score (nSPS) is 14.9. The number of nitrogens with one attached hydrogen (secondary N) is 1. The molecule has 0 radical (unpaired) electrons. The topological polar surface area (TPSA) is 49.4 Å². The summed E-state index contributed by atoms with van der Waals surface area (Å²) in [5.41, 5.74) is 1.01. The van der Waals surface area contributed by atoms with Crippen molar-refractivity contribution in [2.45, 2.75) is 32.7 Å². The first-order chi connectivity index (χ1) is 9.31. The Labute approximate surface area is 124 Å². The molecule has 1 N–H and O–H groups in total. The lowest BCUT2D eigenvalue weighted by Gasteiger charge is -2.22. The third kappa shape index (κ3) is 3.02. The third-order valence-corrected chi connectivity index (χ3v) is 3.48. The van der Waals surface area contributed by atoms with Gasteiger partial charge >= 0.3 is 0 Å². The van der Waals surface area contributed by atoms with Crippen LogP contribution >= 0.6 is 11.6 Å². The molecule has 0 aliphatic carbocycles. The van der Waals surface area contributed by atoms with E-state index in [2.05, 4.69) is 26.1 Å². The lowest BCUT2D eigenvalue weighted by Crippen LogP contribution is -2.38. The highest BCUT2D eigenvalue weighted by Crippen LogP contribution is 2.33. The van der Waals surface area contributed by atoms with Crippen molar-refractivity contribution in [3.05, 3.63) is 28.8 Å². The van der Waals surface area contributed by atoms with E-state index in [9.17, 15) is 9.59 Å². The van der Waals surface area contributed by atoms with E-state index in [1.54, 1.807) is 18.2 Å². The number of hydrogen-bond acceptors (Lipinski definition) is 3. The van der Waals surface area contributed by atoms with Gasteiger partial charge in [-0.05, 0) is 45.9 Å². The second kappa shape index (κ2) is 5.54. The third-order valence-electron chi connectivity index (χ3n) is 3.16. The number of benzene rings is 1. The zero-order valence-corrected chi connectivity index (χ0v) is 12.8. The molecule has 4 nitrogen and oxygen atoms in total. The molecule has 0 fully saturated rings. The lowest BCUT2D eigenvalue weighted by atomic mass is 10.1. The van der Waals surface area contributed by atoms with Gasteiger partial charge in [0.1, 0.15) is 0 Å². The molecule has 1 aromatic rings. The first-order valence-corrected chi connectivity index (χ1v) is 7.09. The minimum Gasteiger partial charge on any atom is -0.312 e. The smallest absolute Gasteiger partial charge is 0.299 e. The molecule has 108 valence electrons. The van der Waals surface area contributed by atoms with Crippen LogP contribution < -0.4 is 10.2 Å². The van der Waals surface area contributed by atoms with Crippen molar-refractivity contribution in [1.82, 2.24) is 5.32 Å². The van der Waals surface area contributed by atoms with Gasteiger partial charge in [-0.1, -0.05) is 17.7 Å². The summed E-state index contributed by atoms with van der Waals surface area (Å²) in [4.78, 5) is 25.5. The molecule has 0 spiro atoms. The first kappa shape index (κ1) is 15.0. The van der Waals surface area contributed by atoms with E-state index in [1.165, 1.54) is 4.90 Å². The minimum atomic E-state index is -0.505. The van der Waals surface area contributed by atoms with Crippen LogP contribution in [0, 0.1) is 0 Å². The predicted octanol–water partition coefficient (Wildman–Crippen LogP) is 2.65. The molecule has 0 atom stereocenters. The highest BCUT2D eigenvalue weighted by molar-refractivity contribution is 6.55. The Morgan fingerprint density at radius 1 is 1.25 bits per heavy atom. The Morgan fingerprint density at radius 3 is 2.60 bits per heavy atom. The number of halogens is 1. The van der Waals surface area contributed by atoms with Gasteiger partial charge in [-0.3, -0.25) is 9.59 Å². The molecule has 1 aromatic carbocycles. The summed E-state index contributed by atoms with van der Waals surface area (Å²) in [5, 5.41) is 3.70. The molecule has 0 unspecified atom stereocenters. The van der Waals surface area contributed by atoms with E-state index in [0.29, 0.717) is 22.8 Å². The van der Waals surface area contributed by atoms with Crippen LogP contribution in [0.3, 0.4) is 0 Å². The van der Waals surface area contributed by atoms with Crippen LogP contribution in [-0.4, -0.2) is 30.3 Å². The quantitative estimate of drug-likeness (QED) is 0.686. The van der Waals surface area contributed by atoms with Gasteiger partial charge in [0.15, 0.2) is 0 Å². The number of carbonyl (C=O) groups is 2. The summed E-state index contributed by atoms with van der Waals surface area (Å²) in [6, 6.07) is 5.16. The molecule has 0 aromatic heterocycles. The highest BCUT2D eigenvalue weighted by Gasteiger charge is 2.36. The zero-order valence-electron chi connectivity index (χ0n) is 12.0. The van der Waals surface area contributed by atoms with Gasteiger partial charge in [0.25, 0.3) is 11.7 Å². The van der Waals surface area contributed by atoms with Crippen molar-refractivity contribution in [3.63, 3.8) is 0 Å². The largest absolute Gasteiger partial charge is 0.312 e. The summed E-state index contributed by atoms with van der Waals surface area (Å²) in [5.74, 6) is -0.988. The van der Waals surface area contributed by atoms with Crippen LogP contribution in [0.2, 0.25) is 5.02 Å². The molecule has 1 amide bonds. The van der Waals surface area contributed by atoms with Crippen LogP contribution in [-0.2, 0) is 4.79 Å².